The smallest absolute Gasteiger partial charge is 0.264 e. The van der Waals surface area contributed by atoms with Crippen molar-refractivity contribution < 1.29 is 22.5 Å². The molecule has 2 aromatic rings. The second kappa shape index (κ2) is 7.65. The second-order valence-corrected chi connectivity index (χ2v) is 8.56. The van der Waals surface area contributed by atoms with Gasteiger partial charge >= 0.3 is 0 Å². The summed E-state index contributed by atoms with van der Waals surface area (Å²) in [6.07, 6.45) is 1.65. The lowest BCUT2D eigenvalue weighted by Gasteiger charge is -2.16. The van der Waals surface area contributed by atoms with Crippen molar-refractivity contribution in [3.8, 4) is 5.75 Å². The molecule has 1 aromatic carbocycles. The summed E-state index contributed by atoms with van der Waals surface area (Å²) in [5.41, 5.74) is 5.40. The van der Waals surface area contributed by atoms with Crippen LogP contribution in [0, 0.1) is 0 Å². The Balaban J connectivity index is 1.82. The van der Waals surface area contributed by atoms with Crippen molar-refractivity contribution in [1.82, 2.24) is 14.4 Å². The minimum absolute atomic E-state index is 0.0149. The van der Waals surface area contributed by atoms with E-state index in [-0.39, 0.29) is 34.6 Å². The molecule has 1 aliphatic rings. The van der Waals surface area contributed by atoms with Crippen LogP contribution in [-0.4, -0.2) is 41.9 Å². The number of benzene rings is 1. The van der Waals surface area contributed by atoms with Crippen molar-refractivity contribution in [3.63, 3.8) is 0 Å². The standard InChI is InChI=1S/C17H22N4O5S/c1-11(2)17-19-15(26-20-17)10-25-14-6-5-12(9-13(14)16(18)22)27(23,24)21-7-3-4-8-21/h5-6,9,11H,3-4,7-8,10H2,1-2H3,(H2,18,22). The van der Waals surface area contributed by atoms with Crippen LogP contribution in [0.2, 0.25) is 0 Å². The van der Waals surface area contributed by atoms with Crippen LogP contribution < -0.4 is 10.5 Å². The van der Waals surface area contributed by atoms with Crippen LogP contribution in [0.25, 0.3) is 0 Å². The van der Waals surface area contributed by atoms with Gasteiger partial charge in [-0.15, -0.1) is 0 Å². The lowest BCUT2D eigenvalue weighted by molar-refractivity contribution is 0.0994. The van der Waals surface area contributed by atoms with E-state index in [2.05, 4.69) is 10.1 Å². The van der Waals surface area contributed by atoms with E-state index in [0.29, 0.717) is 18.9 Å². The lowest BCUT2D eigenvalue weighted by Crippen LogP contribution is -2.28. The molecule has 2 heterocycles. The summed E-state index contributed by atoms with van der Waals surface area (Å²) in [5, 5.41) is 3.83. The van der Waals surface area contributed by atoms with Gasteiger partial charge in [-0.2, -0.15) is 9.29 Å². The van der Waals surface area contributed by atoms with E-state index in [9.17, 15) is 13.2 Å². The maximum atomic E-state index is 12.7. The fraction of sp³-hybridized carbons (Fsp3) is 0.471. The molecule has 0 bridgehead atoms. The van der Waals surface area contributed by atoms with Crippen LogP contribution in [0.5, 0.6) is 5.75 Å². The van der Waals surface area contributed by atoms with Crippen molar-refractivity contribution in [3.05, 3.63) is 35.5 Å². The van der Waals surface area contributed by atoms with Crippen LogP contribution in [0.15, 0.2) is 27.6 Å². The molecule has 1 aliphatic heterocycles. The van der Waals surface area contributed by atoms with Gasteiger partial charge in [0, 0.05) is 19.0 Å². The molecule has 3 rings (SSSR count). The average molecular weight is 394 g/mol. The largest absolute Gasteiger partial charge is 0.483 e. The quantitative estimate of drug-likeness (QED) is 0.756. The Morgan fingerprint density at radius 3 is 2.63 bits per heavy atom. The second-order valence-electron chi connectivity index (χ2n) is 6.62. The van der Waals surface area contributed by atoms with Gasteiger partial charge in [0.15, 0.2) is 12.4 Å². The molecule has 1 aromatic heterocycles. The summed E-state index contributed by atoms with van der Waals surface area (Å²) in [5.74, 6) is 0.293. The fourth-order valence-electron chi connectivity index (χ4n) is 2.77. The number of nitrogens with two attached hydrogens (primary N) is 1. The maximum absolute atomic E-state index is 12.7. The SMILES string of the molecule is CC(C)c1noc(COc2ccc(S(=O)(=O)N3CCCC3)cc2C(N)=O)n1. The van der Waals surface area contributed by atoms with Crippen molar-refractivity contribution in [2.45, 2.75) is 44.1 Å². The first kappa shape index (κ1) is 19.3. The average Bonchev–Trinajstić information content (AvgIpc) is 3.31. The molecule has 1 fully saturated rings. The third kappa shape index (κ3) is 4.11. The summed E-state index contributed by atoms with van der Waals surface area (Å²) in [4.78, 5) is 16.0. The summed E-state index contributed by atoms with van der Waals surface area (Å²) in [6, 6.07) is 4.07. The van der Waals surface area contributed by atoms with Gasteiger partial charge in [0.25, 0.3) is 11.8 Å². The number of carbonyl (C=O) groups excluding carboxylic acids is 1. The van der Waals surface area contributed by atoms with Gasteiger partial charge in [-0.25, -0.2) is 8.42 Å². The predicted molar refractivity (Wildman–Crippen MR) is 95.7 cm³/mol. The monoisotopic (exact) mass is 394 g/mol. The Labute approximate surface area is 157 Å². The minimum atomic E-state index is -3.66. The molecular weight excluding hydrogens is 372 g/mol. The summed E-state index contributed by atoms with van der Waals surface area (Å²) >= 11 is 0. The molecule has 146 valence electrons. The van der Waals surface area contributed by atoms with E-state index in [1.807, 2.05) is 13.8 Å². The van der Waals surface area contributed by atoms with E-state index >= 15 is 0 Å². The third-order valence-electron chi connectivity index (χ3n) is 4.27. The van der Waals surface area contributed by atoms with Crippen LogP contribution in [0.4, 0.5) is 0 Å². The van der Waals surface area contributed by atoms with Gasteiger partial charge in [0.1, 0.15) is 5.75 Å². The van der Waals surface area contributed by atoms with Gasteiger partial charge in [-0.3, -0.25) is 4.79 Å². The zero-order valence-electron chi connectivity index (χ0n) is 15.2. The number of hydrogen-bond donors (Lipinski definition) is 1. The van der Waals surface area contributed by atoms with Gasteiger partial charge in [0.05, 0.1) is 10.5 Å². The molecule has 0 saturated carbocycles. The van der Waals surface area contributed by atoms with E-state index in [4.69, 9.17) is 15.0 Å². The van der Waals surface area contributed by atoms with Crippen LogP contribution >= 0.6 is 0 Å². The number of amides is 1. The Morgan fingerprint density at radius 2 is 2.04 bits per heavy atom. The molecule has 0 unspecified atom stereocenters. The van der Waals surface area contributed by atoms with Gasteiger partial charge in [-0.05, 0) is 31.0 Å². The van der Waals surface area contributed by atoms with Crippen molar-refractivity contribution in [2.75, 3.05) is 13.1 Å². The first-order valence-corrected chi connectivity index (χ1v) is 10.1. The van der Waals surface area contributed by atoms with E-state index in [1.165, 1.54) is 22.5 Å². The summed E-state index contributed by atoms with van der Waals surface area (Å²) in [7, 11) is -3.66. The zero-order chi connectivity index (χ0) is 19.6. The number of hydrogen-bond acceptors (Lipinski definition) is 7. The van der Waals surface area contributed by atoms with Crippen molar-refractivity contribution in [1.29, 1.82) is 0 Å². The summed E-state index contributed by atoms with van der Waals surface area (Å²) in [6.45, 7) is 4.75. The number of carbonyl (C=O) groups is 1. The highest BCUT2D eigenvalue weighted by atomic mass is 32.2. The molecule has 0 aliphatic carbocycles. The topological polar surface area (TPSA) is 129 Å². The number of ether oxygens (including phenoxy) is 1. The van der Waals surface area contributed by atoms with Gasteiger partial charge in [-0.1, -0.05) is 19.0 Å². The Morgan fingerprint density at radius 1 is 1.33 bits per heavy atom. The van der Waals surface area contributed by atoms with E-state index in [0.717, 1.165) is 12.8 Å². The number of sulfonamides is 1. The first-order valence-electron chi connectivity index (χ1n) is 8.68. The highest BCUT2D eigenvalue weighted by Crippen LogP contribution is 2.27. The number of primary amides is 1. The molecule has 0 radical (unpaired) electrons. The van der Waals surface area contributed by atoms with Gasteiger partial charge < -0.3 is 15.0 Å². The minimum Gasteiger partial charge on any atom is -0.483 e. The zero-order valence-corrected chi connectivity index (χ0v) is 16.0. The first-order chi connectivity index (χ1) is 12.8. The van der Waals surface area contributed by atoms with Crippen LogP contribution in [-0.2, 0) is 16.6 Å². The molecule has 1 saturated heterocycles. The third-order valence-corrected chi connectivity index (χ3v) is 6.17. The molecule has 27 heavy (non-hydrogen) atoms. The molecule has 1 amide bonds. The Kier molecular flexibility index (Phi) is 5.47. The lowest BCUT2D eigenvalue weighted by atomic mass is 10.2. The van der Waals surface area contributed by atoms with Crippen LogP contribution in [0.1, 0.15) is 54.7 Å². The van der Waals surface area contributed by atoms with Crippen molar-refractivity contribution in [2.24, 2.45) is 5.73 Å². The van der Waals surface area contributed by atoms with E-state index in [1.54, 1.807) is 0 Å². The molecule has 2 N–H and O–H groups in total. The predicted octanol–water partition coefficient (Wildman–Crippen LogP) is 1.66. The van der Waals surface area contributed by atoms with Crippen molar-refractivity contribution >= 4 is 15.9 Å². The maximum Gasteiger partial charge on any atom is 0.264 e. The molecule has 0 atom stereocenters. The molecular formula is C17H22N4O5S. The number of aromatic nitrogens is 2. The highest BCUT2D eigenvalue weighted by molar-refractivity contribution is 7.89. The molecule has 0 spiro atoms. The van der Waals surface area contributed by atoms with Crippen LogP contribution in [0.3, 0.4) is 0 Å². The number of nitrogens with zero attached hydrogens (tertiary/aromatic N) is 3. The molecule has 10 heteroatoms. The number of rotatable bonds is 7. The summed E-state index contributed by atoms with van der Waals surface area (Å²) < 4.78 is 37.4. The van der Waals surface area contributed by atoms with E-state index < -0.39 is 15.9 Å². The highest BCUT2D eigenvalue weighted by Gasteiger charge is 2.28. The molecule has 9 nitrogen and oxygen atoms in total. The fourth-order valence-corrected chi connectivity index (χ4v) is 4.31. The van der Waals surface area contributed by atoms with Gasteiger partial charge in [0.2, 0.25) is 10.0 Å². The Bertz CT molecular complexity index is 933. The normalized spacial score (nSPS) is 15.4. The Hall–Kier alpha value is -2.46.